The standard InChI is InChI=1S/C18H14FN5O3S/c1-28(25,26)15-4-2-3-13(19)17(15)27-11-5-6-14-12(9-11)18(21-10-20-14)23-16-7-8-22-24-16/h2-10H,1H3,(H2,20,21,22,23,24). The lowest BCUT2D eigenvalue weighted by Crippen LogP contribution is -2.02. The van der Waals surface area contributed by atoms with Gasteiger partial charge in [-0.15, -0.1) is 0 Å². The molecule has 0 spiro atoms. The Kier molecular flexibility index (Phi) is 4.40. The molecular weight excluding hydrogens is 385 g/mol. The van der Waals surface area contributed by atoms with Crippen LogP contribution < -0.4 is 10.1 Å². The van der Waals surface area contributed by atoms with Crippen LogP contribution in [0.4, 0.5) is 16.0 Å². The summed E-state index contributed by atoms with van der Waals surface area (Å²) in [5, 5.41) is 10.3. The molecule has 0 unspecified atom stereocenters. The summed E-state index contributed by atoms with van der Waals surface area (Å²) in [5.41, 5.74) is 0.626. The van der Waals surface area contributed by atoms with Gasteiger partial charge in [0.15, 0.2) is 21.4 Å². The molecule has 142 valence electrons. The van der Waals surface area contributed by atoms with E-state index in [1.165, 1.54) is 18.5 Å². The minimum Gasteiger partial charge on any atom is -0.453 e. The number of H-pyrrole nitrogens is 1. The van der Waals surface area contributed by atoms with Crippen molar-refractivity contribution < 1.29 is 17.5 Å². The van der Waals surface area contributed by atoms with Crippen molar-refractivity contribution in [2.75, 3.05) is 11.6 Å². The monoisotopic (exact) mass is 399 g/mol. The van der Waals surface area contributed by atoms with Crippen LogP contribution in [0.5, 0.6) is 11.5 Å². The number of sulfone groups is 1. The molecule has 2 N–H and O–H groups in total. The molecule has 0 amide bonds. The van der Waals surface area contributed by atoms with Crippen molar-refractivity contribution in [3.05, 3.63) is 60.8 Å². The van der Waals surface area contributed by atoms with Crippen molar-refractivity contribution in [1.82, 2.24) is 20.2 Å². The molecule has 2 aromatic heterocycles. The van der Waals surface area contributed by atoms with E-state index in [4.69, 9.17) is 4.74 Å². The molecule has 28 heavy (non-hydrogen) atoms. The lowest BCUT2D eigenvalue weighted by Gasteiger charge is -2.12. The van der Waals surface area contributed by atoms with E-state index < -0.39 is 15.7 Å². The molecule has 0 saturated heterocycles. The Morgan fingerprint density at radius 2 is 2.00 bits per heavy atom. The molecule has 0 aliphatic carbocycles. The van der Waals surface area contributed by atoms with Crippen molar-refractivity contribution >= 4 is 32.4 Å². The Labute approximate surface area is 159 Å². The Hall–Kier alpha value is -3.53. The molecule has 10 heteroatoms. The maximum absolute atomic E-state index is 14.3. The van der Waals surface area contributed by atoms with E-state index in [9.17, 15) is 12.8 Å². The topological polar surface area (TPSA) is 110 Å². The van der Waals surface area contributed by atoms with Crippen LogP contribution in [0.2, 0.25) is 0 Å². The number of aromatic nitrogens is 4. The normalized spacial score (nSPS) is 11.5. The van der Waals surface area contributed by atoms with Crippen molar-refractivity contribution in [3.8, 4) is 11.5 Å². The number of nitrogens with zero attached hydrogens (tertiary/aromatic N) is 3. The van der Waals surface area contributed by atoms with Crippen molar-refractivity contribution in [1.29, 1.82) is 0 Å². The third-order valence-electron chi connectivity index (χ3n) is 3.91. The number of para-hydroxylation sites is 1. The van der Waals surface area contributed by atoms with Crippen LogP contribution in [0.15, 0.2) is 59.9 Å². The quantitative estimate of drug-likeness (QED) is 0.529. The highest BCUT2D eigenvalue weighted by Crippen LogP contribution is 2.34. The first kappa shape index (κ1) is 17.9. The maximum Gasteiger partial charge on any atom is 0.181 e. The summed E-state index contributed by atoms with van der Waals surface area (Å²) in [6.07, 6.45) is 3.99. The van der Waals surface area contributed by atoms with Crippen LogP contribution >= 0.6 is 0 Å². The van der Waals surface area contributed by atoms with E-state index in [0.29, 0.717) is 22.5 Å². The van der Waals surface area contributed by atoms with Crippen LogP contribution in [0.25, 0.3) is 10.9 Å². The average molecular weight is 399 g/mol. The van der Waals surface area contributed by atoms with E-state index in [2.05, 4.69) is 25.5 Å². The fourth-order valence-corrected chi connectivity index (χ4v) is 3.45. The van der Waals surface area contributed by atoms with Crippen LogP contribution in [0.1, 0.15) is 0 Å². The fourth-order valence-electron chi connectivity index (χ4n) is 2.65. The minimum absolute atomic E-state index is 0.229. The highest BCUT2D eigenvalue weighted by molar-refractivity contribution is 7.90. The molecule has 0 aliphatic rings. The van der Waals surface area contributed by atoms with Gasteiger partial charge in [-0.1, -0.05) is 6.07 Å². The second kappa shape index (κ2) is 6.89. The van der Waals surface area contributed by atoms with E-state index in [0.717, 1.165) is 12.3 Å². The first-order valence-electron chi connectivity index (χ1n) is 8.09. The summed E-state index contributed by atoms with van der Waals surface area (Å²) in [5.74, 6) is 0.216. The third-order valence-corrected chi connectivity index (χ3v) is 5.03. The molecular formula is C18H14FN5O3S. The second-order valence-corrected chi connectivity index (χ2v) is 7.92. The maximum atomic E-state index is 14.3. The first-order valence-corrected chi connectivity index (χ1v) is 9.98. The Morgan fingerprint density at radius 1 is 1.14 bits per heavy atom. The smallest absolute Gasteiger partial charge is 0.181 e. The Balaban J connectivity index is 1.77. The van der Waals surface area contributed by atoms with Gasteiger partial charge in [0.2, 0.25) is 0 Å². The van der Waals surface area contributed by atoms with Gasteiger partial charge in [-0.25, -0.2) is 22.8 Å². The van der Waals surface area contributed by atoms with Gasteiger partial charge in [0, 0.05) is 17.7 Å². The van der Waals surface area contributed by atoms with Gasteiger partial charge in [-0.3, -0.25) is 5.10 Å². The van der Waals surface area contributed by atoms with Crippen molar-refractivity contribution in [2.45, 2.75) is 4.90 Å². The number of hydrogen-bond donors (Lipinski definition) is 2. The molecule has 0 fully saturated rings. The zero-order valence-corrected chi connectivity index (χ0v) is 15.4. The van der Waals surface area contributed by atoms with Crippen LogP contribution in [0, 0.1) is 5.82 Å². The number of nitrogens with one attached hydrogen (secondary N) is 2. The summed E-state index contributed by atoms with van der Waals surface area (Å²) in [6.45, 7) is 0. The summed E-state index contributed by atoms with van der Waals surface area (Å²) in [6, 6.07) is 10.3. The third kappa shape index (κ3) is 3.49. The number of aromatic amines is 1. The molecule has 0 bridgehead atoms. The van der Waals surface area contributed by atoms with Crippen LogP contribution in [-0.2, 0) is 9.84 Å². The van der Waals surface area contributed by atoms with Gasteiger partial charge in [0.25, 0.3) is 0 Å². The lowest BCUT2D eigenvalue weighted by molar-refractivity contribution is 0.428. The lowest BCUT2D eigenvalue weighted by atomic mass is 10.2. The SMILES string of the molecule is CS(=O)(=O)c1cccc(F)c1Oc1ccc2ncnc(Nc3ccn[nH]3)c2c1. The van der Waals surface area contributed by atoms with Gasteiger partial charge < -0.3 is 10.1 Å². The van der Waals surface area contributed by atoms with Gasteiger partial charge in [0.05, 0.1) is 11.7 Å². The molecule has 0 aliphatic heterocycles. The molecule has 2 aromatic carbocycles. The van der Waals surface area contributed by atoms with Crippen LogP contribution in [0.3, 0.4) is 0 Å². The summed E-state index contributed by atoms with van der Waals surface area (Å²) < 4.78 is 43.8. The van der Waals surface area contributed by atoms with Crippen LogP contribution in [-0.4, -0.2) is 34.8 Å². The number of anilines is 2. The van der Waals surface area contributed by atoms with E-state index in [1.807, 2.05) is 0 Å². The number of ether oxygens (including phenoxy) is 1. The number of fused-ring (bicyclic) bond motifs is 1. The van der Waals surface area contributed by atoms with E-state index in [-0.39, 0.29) is 16.4 Å². The molecule has 8 nitrogen and oxygen atoms in total. The number of benzene rings is 2. The number of halogens is 1. The van der Waals surface area contributed by atoms with Gasteiger partial charge in [0.1, 0.15) is 28.6 Å². The summed E-state index contributed by atoms with van der Waals surface area (Å²) >= 11 is 0. The Bertz CT molecular complexity index is 1260. The largest absolute Gasteiger partial charge is 0.453 e. The average Bonchev–Trinajstić information content (AvgIpc) is 3.16. The zero-order valence-electron chi connectivity index (χ0n) is 14.5. The van der Waals surface area contributed by atoms with E-state index >= 15 is 0 Å². The predicted molar refractivity (Wildman–Crippen MR) is 101 cm³/mol. The Morgan fingerprint density at radius 3 is 2.75 bits per heavy atom. The predicted octanol–water partition coefficient (Wildman–Crippen LogP) is 3.43. The summed E-state index contributed by atoms with van der Waals surface area (Å²) in [4.78, 5) is 8.17. The molecule has 0 atom stereocenters. The number of rotatable bonds is 5. The molecule has 4 aromatic rings. The van der Waals surface area contributed by atoms with Crippen molar-refractivity contribution in [3.63, 3.8) is 0 Å². The fraction of sp³-hybridized carbons (Fsp3) is 0.0556. The van der Waals surface area contributed by atoms with Gasteiger partial charge >= 0.3 is 0 Å². The molecule has 4 rings (SSSR count). The molecule has 2 heterocycles. The highest BCUT2D eigenvalue weighted by Gasteiger charge is 2.19. The first-order chi connectivity index (χ1) is 13.4. The zero-order chi connectivity index (χ0) is 19.7. The van der Waals surface area contributed by atoms with Gasteiger partial charge in [-0.05, 0) is 30.3 Å². The van der Waals surface area contributed by atoms with E-state index in [1.54, 1.807) is 30.5 Å². The second-order valence-electron chi connectivity index (χ2n) is 5.94. The molecule has 0 saturated carbocycles. The minimum atomic E-state index is -3.67. The van der Waals surface area contributed by atoms with Crippen molar-refractivity contribution in [2.24, 2.45) is 0 Å². The van der Waals surface area contributed by atoms with Gasteiger partial charge in [-0.2, -0.15) is 5.10 Å². The molecule has 0 radical (unpaired) electrons. The number of hydrogen-bond acceptors (Lipinski definition) is 7. The highest BCUT2D eigenvalue weighted by atomic mass is 32.2. The summed E-state index contributed by atoms with van der Waals surface area (Å²) in [7, 11) is -3.67.